The molecule has 1 fully saturated rings. The number of aromatic nitrogens is 2. The van der Waals surface area contributed by atoms with Gasteiger partial charge in [0.15, 0.2) is 0 Å². The first kappa shape index (κ1) is 23.0. The quantitative estimate of drug-likeness (QED) is 0.414. The predicted molar refractivity (Wildman–Crippen MR) is 126 cm³/mol. The molecule has 0 atom stereocenters. The van der Waals surface area contributed by atoms with Gasteiger partial charge in [0.05, 0.1) is 22.6 Å². The third-order valence-corrected chi connectivity index (χ3v) is 6.11. The molecule has 3 aromatic rings. The van der Waals surface area contributed by atoms with Crippen LogP contribution in [0.4, 0.5) is 0 Å². The van der Waals surface area contributed by atoms with Crippen LogP contribution in [0.3, 0.4) is 0 Å². The van der Waals surface area contributed by atoms with E-state index in [4.69, 9.17) is 23.2 Å². The van der Waals surface area contributed by atoms with Crippen molar-refractivity contribution in [1.82, 2.24) is 19.6 Å². The van der Waals surface area contributed by atoms with E-state index in [0.29, 0.717) is 45.6 Å². The summed E-state index contributed by atoms with van der Waals surface area (Å²) < 4.78 is 1.67. The molecule has 0 saturated carbocycles. The molecule has 0 unspecified atom stereocenters. The number of para-hydroxylation sites is 1. The van der Waals surface area contributed by atoms with Crippen LogP contribution in [-0.4, -0.2) is 63.4 Å². The first-order valence-corrected chi connectivity index (χ1v) is 11.2. The van der Waals surface area contributed by atoms with Gasteiger partial charge in [0.2, 0.25) is 0 Å². The maximum Gasteiger partial charge on any atom is 0.295 e. The molecule has 1 aliphatic heterocycles. The number of aryl methyl sites for hydroxylation is 1. The fourth-order valence-electron chi connectivity index (χ4n) is 4.01. The van der Waals surface area contributed by atoms with Gasteiger partial charge in [-0.15, -0.1) is 0 Å². The summed E-state index contributed by atoms with van der Waals surface area (Å²) in [4.78, 5) is 42.0. The summed E-state index contributed by atoms with van der Waals surface area (Å²) in [6.07, 6.45) is 0. The average molecular weight is 485 g/mol. The number of hydrogen-bond acceptors (Lipinski definition) is 4. The van der Waals surface area contributed by atoms with Crippen molar-refractivity contribution in [2.24, 2.45) is 0 Å². The Kier molecular flexibility index (Phi) is 6.54. The van der Waals surface area contributed by atoms with E-state index in [1.807, 2.05) is 30.3 Å². The van der Waals surface area contributed by atoms with Crippen LogP contribution >= 0.6 is 23.2 Å². The second-order valence-corrected chi connectivity index (χ2v) is 8.74. The fourth-order valence-corrected chi connectivity index (χ4v) is 4.54. The van der Waals surface area contributed by atoms with Gasteiger partial charge in [-0.3, -0.25) is 14.4 Å². The number of halogens is 2. The maximum absolute atomic E-state index is 13.1. The summed E-state index contributed by atoms with van der Waals surface area (Å²) in [6, 6.07) is 14.1. The Morgan fingerprint density at radius 2 is 1.42 bits per heavy atom. The third kappa shape index (κ3) is 4.65. The van der Waals surface area contributed by atoms with E-state index in [-0.39, 0.29) is 19.0 Å². The van der Waals surface area contributed by atoms with Crippen LogP contribution in [0.5, 0.6) is 0 Å². The summed E-state index contributed by atoms with van der Waals surface area (Å²) in [7, 11) is 0. The molecule has 4 rings (SSSR count). The van der Waals surface area contributed by atoms with Gasteiger partial charge in [-0.2, -0.15) is 5.10 Å². The molecule has 2 heterocycles. The lowest BCUT2D eigenvalue weighted by molar-refractivity contribution is -0.127. The normalized spacial score (nSPS) is 13.8. The highest BCUT2D eigenvalue weighted by Crippen LogP contribution is 2.22. The van der Waals surface area contributed by atoms with Gasteiger partial charge in [0.25, 0.3) is 17.6 Å². The first-order valence-electron chi connectivity index (χ1n) is 10.5. The Morgan fingerprint density at radius 1 is 0.848 bits per heavy atom. The molecule has 9 heteroatoms. The van der Waals surface area contributed by atoms with E-state index in [0.717, 1.165) is 5.69 Å². The topological polar surface area (TPSA) is 75.5 Å². The van der Waals surface area contributed by atoms with Gasteiger partial charge in [-0.1, -0.05) is 41.4 Å². The predicted octanol–water partition coefficient (Wildman–Crippen LogP) is 3.96. The number of amides is 2. The van der Waals surface area contributed by atoms with Gasteiger partial charge in [-0.05, 0) is 44.2 Å². The smallest absolute Gasteiger partial charge is 0.295 e. The van der Waals surface area contributed by atoms with Crippen molar-refractivity contribution < 1.29 is 14.4 Å². The van der Waals surface area contributed by atoms with Gasteiger partial charge >= 0.3 is 0 Å². The molecular weight excluding hydrogens is 463 g/mol. The van der Waals surface area contributed by atoms with Crippen molar-refractivity contribution >= 4 is 40.8 Å². The highest BCUT2D eigenvalue weighted by molar-refractivity contribution is 6.43. The number of carbonyl (C=O) groups excluding carboxylic acids is 3. The number of nitrogens with zero attached hydrogens (tertiary/aromatic N) is 4. The molecular formula is C24H22Cl2N4O3. The van der Waals surface area contributed by atoms with Crippen LogP contribution in [0.1, 0.15) is 32.1 Å². The minimum atomic E-state index is -0.591. The molecule has 2 aromatic carbocycles. The molecule has 0 radical (unpaired) electrons. The Hall–Kier alpha value is -3.16. The van der Waals surface area contributed by atoms with Crippen molar-refractivity contribution in [2.45, 2.75) is 13.8 Å². The van der Waals surface area contributed by atoms with E-state index in [2.05, 4.69) is 5.10 Å². The minimum absolute atomic E-state index is 0.214. The van der Waals surface area contributed by atoms with E-state index >= 15 is 0 Å². The zero-order chi connectivity index (χ0) is 23.7. The standard InChI is InChI=1S/C24H22Cl2N4O3/c1-15-21(16(2)30(27-15)20-6-4-3-5-7-20)22(31)24(33)29-10-8-28(9-11-29)23(32)17-12-18(25)14-19(26)13-17/h3-7,12-14H,8-11H2,1-2H3. The second-order valence-electron chi connectivity index (χ2n) is 7.86. The van der Waals surface area contributed by atoms with Gasteiger partial charge in [0.1, 0.15) is 0 Å². The number of piperazine rings is 1. The zero-order valence-corrected chi connectivity index (χ0v) is 19.7. The van der Waals surface area contributed by atoms with Crippen molar-refractivity contribution in [3.8, 4) is 5.69 Å². The van der Waals surface area contributed by atoms with Crippen molar-refractivity contribution in [3.63, 3.8) is 0 Å². The number of Topliss-reactive ketones (excluding diaryl/α,β-unsaturated/α-hetero) is 1. The van der Waals surface area contributed by atoms with Crippen molar-refractivity contribution in [3.05, 3.63) is 81.1 Å². The monoisotopic (exact) mass is 484 g/mol. The van der Waals surface area contributed by atoms with Crippen molar-refractivity contribution in [1.29, 1.82) is 0 Å². The molecule has 1 aromatic heterocycles. The fraction of sp³-hybridized carbons (Fsp3) is 0.250. The number of rotatable bonds is 4. The average Bonchev–Trinajstić information content (AvgIpc) is 3.11. The molecule has 7 nitrogen and oxygen atoms in total. The van der Waals surface area contributed by atoms with Crippen LogP contribution < -0.4 is 0 Å². The van der Waals surface area contributed by atoms with Crippen molar-refractivity contribution in [2.75, 3.05) is 26.2 Å². The van der Waals surface area contributed by atoms with E-state index in [1.165, 1.54) is 4.90 Å². The Labute approximate surface area is 201 Å². The van der Waals surface area contributed by atoms with Crippen LogP contribution in [0.2, 0.25) is 10.0 Å². The second kappa shape index (κ2) is 9.37. The zero-order valence-electron chi connectivity index (χ0n) is 18.2. The first-order chi connectivity index (χ1) is 15.8. The van der Waals surface area contributed by atoms with Gasteiger partial charge in [-0.25, -0.2) is 4.68 Å². The summed E-state index contributed by atoms with van der Waals surface area (Å²) in [5.74, 6) is -1.39. The number of ketones is 1. The molecule has 170 valence electrons. The molecule has 0 N–H and O–H groups in total. The van der Waals surface area contributed by atoms with Gasteiger partial charge in [0, 0.05) is 41.8 Å². The highest BCUT2D eigenvalue weighted by atomic mass is 35.5. The van der Waals surface area contributed by atoms with Crippen LogP contribution in [0.15, 0.2) is 48.5 Å². The number of hydrogen-bond donors (Lipinski definition) is 0. The Bertz CT molecular complexity index is 1210. The van der Waals surface area contributed by atoms with Crippen LogP contribution in [0, 0.1) is 13.8 Å². The molecule has 0 aliphatic carbocycles. The summed E-state index contributed by atoms with van der Waals surface area (Å²) in [6.45, 7) is 4.64. The van der Waals surface area contributed by atoms with E-state index in [9.17, 15) is 14.4 Å². The molecule has 1 aliphatic rings. The molecule has 1 saturated heterocycles. The van der Waals surface area contributed by atoms with Crippen LogP contribution in [-0.2, 0) is 4.79 Å². The van der Waals surface area contributed by atoms with E-state index < -0.39 is 11.7 Å². The minimum Gasteiger partial charge on any atom is -0.335 e. The summed E-state index contributed by atoms with van der Waals surface area (Å²) >= 11 is 12.0. The largest absolute Gasteiger partial charge is 0.335 e. The lowest BCUT2D eigenvalue weighted by Gasteiger charge is -2.34. The maximum atomic E-state index is 13.1. The summed E-state index contributed by atoms with van der Waals surface area (Å²) in [5, 5.41) is 5.23. The molecule has 33 heavy (non-hydrogen) atoms. The third-order valence-electron chi connectivity index (χ3n) is 5.68. The lowest BCUT2D eigenvalue weighted by Crippen LogP contribution is -2.52. The molecule has 0 spiro atoms. The summed E-state index contributed by atoms with van der Waals surface area (Å²) in [5.41, 5.74) is 2.64. The molecule has 0 bridgehead atoms. The highest BCUT2D eigenvalue weighted by Gasteiger charge is 2.32. The van der Waals surface area contributed by atoms with Gasteiger partial charge < -0.3 is 9.80 Å². The molecule has 2 amide bonds. The number of benzene rings is 2. The van der Waals surface area contributed by atoms with Crippen LogP contribution in [0.25, 0.3) is 5.69 Å². The Morgan fingerprint density at radius 3 is 2.03 bits per heavy atom. The van der Waals surface area contributed by atoms with E-state index in [1.54, 1.807) is 41.6 Å². The Balaban J connectivity index is 1.45. The SMILES string of the molecule is Cc1nn(-c2ccccc2)c(C)c1C(=O)C(=O)N1CCN(C(=O)c2cc(Cl)cc(Cl)c2)CC1. The number of carbonyl (C=O) groups is 3. The lowest BCUT2D eigenvalue weighted by atomic mass is 10.1.